The van der Waals surface area contributed by atoms with Crippen LogP contribution in [0.3, 0.4) is 0 Å². The summed E-state index contributed by atoms with van der Waals surface area (Å²) >= 11 is 1.26. The quantitative estimate of drug-likeness (QED) is 0.526. The van der Waals surface area contributed by atoms with Crippen molar-refractivity contribution in [3.63, 3.8) is 0 Å². The summed E-state index contributed by atoms with van der Waals surface area (Å²) in [6.45, 7) is 0. The fourth-order valence-electron chi connectivity index (χ4n) is 1.64. The number of rotatable bonds is 4. The Morgan fingerprint density at radius 3 is 2.53 bits per heavy atom. The lowest BCUT2D eigenvalue weighted by Crippen LogP contribution is -1.97. The molecule has 2 N–H and O–H groups in total. The van der Waals surface area contributed by atoms with E-state index in [1.54, 1.807) is 25.3 Å². The van der Waals surface area contributed by atoms with Gasteiger partial charge in [0.2, 0.25) is 0 Å². The zero-order valence-electron chi connectivity index (χ0n) is 10.2. The van der Waals surface area contributed by atoms with Crippen molar-refractivity contribution >= 4 is 23.1 Å². The topological polar surface area (TPSA) is 78.4 Å². The van der Waals surface area contributed by atoms with Gasteiger partial charge >= 0.3 is 5.69 Å². The number of anilines is 1. The maximum atomic E-state index is 11.1. The summed E-state index contributed by atoms with van der Waals surface area (Å²) in [5.41, 5.74) is 5.75. The number of nitrogens with two attached hydrogens (primary N) is 1. The Labute approximate surface area is 114 Å². The maximum Gasteiger partial charge on any atom is 0.305 e. The smallest absolute Gasteiger partial charge is 0.305 e. The minimum atomic E-state index is -0.465. The lowest BCUT2D eigenvalue weighted by atomic mass is 10.3. The van der Waals surface area contributed by atoms with Gasteiger partial charge in [0.1, 0.15) is 11.4 Å². The fraction of sp³-hybridized carbons (Fsp3) is 0.0769. The number of nitrogens with zero attached hydrogens (tertiary/aromatic N) is 1. The van der Waals surface area contributed by atoms with Crippen LogP contribution in [0.1, 0.15) is 0 Å². The Morgan fingerprint density at radius 2 is 1.84 bits per heavy atom. The number of ether oxygens (including phenoxy) is 1. The second-order valence-corrected chi connectivity index (χ2v) is 4.79. The molecule has 0 saturated carbocycles. The summed E-state index contributed by atoms with van der Waals surface area (Å²) in [5.74, 6) is 0.671. The molecule has 0 aliphatic carbocycles. The van der Waals surface area contributed by atoms with Crippen molar-refractivity contribution in [2.24, 2.45) is 0 Å². The molecule has 0 spiro atoms. The van der Waals surface area contributed by atoms with Gasteiger partial charge in [0, 0.05) is 0 Å². The van der Waals surface area contributed by atoms with Gasteiger partial charge in [-0.1, -0.05) is 30.0 Å². The predicted octanol–water partition coefficient (Wildman–Crippen LogP) is 3.34. The molecule has 98 valence electrons. The van der Waals surface area contributed by atoms with E-state index in [1.807, 2.05) is 18.2 Å². The normalized spacial score (nSPS) is 10.2. The summed E-state index contributed by atoms with van der Waals surface area (Å²) in [6.07, 6.45) is 0. The number of nitro benzene ring substituents is 1. The monoisotopic (exact) mass is 276 g/mol. The molecule has 19 heavy (non-hydrogen) atoms. The van der Waals surface area contributed by atoms with Gasteiger partial charge in [-0.3, -0.25) is 10.1 Å². The van der Waals surface area contributed by atoms with Crippen molar-refractivity contribution in [2.75, 3.05) is 12.8 Å². The highest BCUT2D eigenvalue weighted by Gasteiger charge is 2.19. The highest BCUT2D eigenvalue weighted by molar-refractivity contribution is 7.99. The highest BCUT2D eigenvalue weighted by atomic mass is 32.2. The fourth-order valence-corrected chi connectivity index (χ4v) is 2.71. The number of para-hydroxylation sites is 2. The lowest BCUT2D eigenvalue weighted by molar-refractivity contribution is -0.386. The van der Waals surface area contributed by atoms with Gasteiger partial charge in [-0.2, -0.15) is 0 Å². The molecule has 0 amide bonds. The first-order chi connectivity index (χ1) is 9.13. The van der Waals surface area contributed by atoms with Crippen LogP contribution in [-0.4, -0.2) is 12.0 Å². The summed E-state index contributed by atoms with van der Waals surface area (Å²) < 4.78 is 5.23. The lowest BCUT2D eigenvalue weighted by Gasteiger charge is -2.08. The van der Waals surface area contributed by atoms with E-state index < -0.39 is 4.92 Å². The number of methoxy groups -OCH3 is 1. The van der Waals surface area contributed by atoms with Gasteiger partial charge in [-0.25, -0.2) is 0 Å². The molecule has 0 aliphatic heterocycles. The van der Waals surface area contributed by atoms with Crippen molar-refractivity contribution in [3.8, 4) is 5.75 Å². The van der Waals surface area contributed by atoms with Crippen LogP contribution in [-0.2, 0) is 0 Å². The molecular weight excluding hydrogens is 264 g/mol. The SMILES string of the molecule is COc1ccccc1Sc1cccc(N)c1[N+](=O)[O-]. The van der Waals surface area contributed by atoms with E-state index in [1.165, 1.54) is 17.8 Å². The highest BCUT2D eigenvalue weighted by Crippen LogP contribution is 2.41. The second-order valence-electron chi connectivity index (χ2n) is 3.70. The maximum absolute atomic E-state index is 11.1. The van der Waals surface area contributed by atoms with Gasteiger partial charge in [-0.15, -0.1) is 0 Å². The van der Waals surface area contributed by atoms with Crippen LogP contribution in [0.25, 0.3) is 0 Å². The van der Waals surface area contributed by atoms with Crippen molar-refractivity contribution in [2.45, 2.75) is 9.79 Å². The van der Waals surface area contributed by atoms with Crippen LogP contribution in [0.2, 0.25) is 0 Å². The van der Waals surface area contributed by atoms with Crippen molar-refractivity contribution in [3.05, 3.63) is 52.6 Å². The Bertz CT molecular complexity index is 617. The third-order valence-corrected chi connectivity index (χ3v) is 3.61. The Kier molecular flexibility index (Phi) is 3.91. The number of nitro groups is 1. The van der Waals surface area contributed by atoms with E-state index >= 15 is 0 Å². The Balaban J connectivity index is 2.44. The van der Waals surface area contributed by atoms with E-state index in [0.717, 1.165) is 4.90 Å². The van der Waals surface area contributed by atoms with Gasteiger partial charge < -0.3 is 10.5 Å². The minimum Gasteiger partial charge on any atom is -0.496 e. The molecule has 0 radical (unpaired) electrons. The summed E-state index contributed by atoms with van der Waals surface area (Å²) in [4.78, 5) is 11.9. The van der Waals surface area contributed by atoms with E-state index in [0.29, 0.717) is 10.6 Å². The molecule has 0 aliphatic rings. The molecule has 2 aromatic rings. The zero-order valence-corrected chi connectivity index (χ0v) is 11.0. The van der Waals surface area contributed by atoms with Crippen LogP contribution in [0.5, 0.6) is 5.75 Å². The van der Waals surface area contributed by atoms with E-state index in [2.05, 4.69) is 0 Å². The number of nitrogen functional groups attached to an aromatic ring is 1. The largest absolute Gasteiger partial charge is 0.496 e. The van der Waals surface area contributed by atoms with Gasteiger partial charge in [-0.05, 0) is 24.3 Å². The first kappa shape index (κ1) is 13.2. The first-order valence-electron chi connectivity index (χ1n) is 5.47. The van der Waals surface area contributed by atoms with E-state index in [9.17, 15) is 10.1 Å². The molecule has 2 rings (SSSR count). The molecule has 2 aromatic carbocycles. The minimum absolute atomic E-state index is 0.0709. The Hall–Kier alpha value is -2.21. The van der Waals surface area contributed by atoms with Crippen LogP contribution in [0.4, 0.5) is 11.4 Å². The molecule has 0 unspecified atom stereocenters. The van der Waals surface area contributed by atoms with Gasteiger partial charge in [0.05, 0.1) is 21.8 Å². The van der Waals surface area contributed by atoms with Crippen LogP contribution in [0, 0.1) is 10.1 Å². The molecule has 0 heterocycles. The average molecular weight is 276 g/mol. The van der Waals surface area contributed by atoms with E-state index in [4.69, 9.17) is 10.5 Å². The molecule has 0 atom stereocenters. The van der Waals surface area contributed by atoms with E-state index in [-0.39, 0.29) is 11.4 Å². The van der Waals surface area contributed by atoms with Gasteiger partial charge in [0.25, 0.3) is 0 Å². The van der Waals surface area contributed by atoms with Gasteiger partial charge in [0.15, 0.2) is 0 Å². The number of hydrogen-bond donors (Lipinski definition) is 1. The van der Waals surface area contributed by atoms with Crippen LogP contribution >= 0.6 is 11.8 Å². The van der Waals surface area contributed by atoms with Crippen LogP contribution < -0.4 is 10.5 Å². The molecule has 5 nitrogen and oxygen atoms in total. The van der Waals surface area contributed by atoms with Crippen molar-refractivity contribution in [1.29, 1.82) is 0 Å². The first-order valence-corrected chi connectivity index (χ1v) is 6.29. The van der Waals surface area contributed by atoms with Crippen molar-refractivity contribution in [1.82, 2.24) is 0 Å². The summed E-state index contributed by atoms with van der Waals surface area (Å²) in [6, 6.07) is 12.2. The molecule has 0 fully saturated rings. The second kappa shape index (κ2) is 5.62. The predicted molar refractivity (Wildman–Crippen MR) is 74.6 cm³/mol. The average Bonchev–Trinajstić information content (AvgIpc) is 2.39. The third-order valence-electron chi connectivity index (χ3n) is 2.50. The molecule has 0 aromatic heterocycles. The third kappa shape index (κ3) is 2.79. The molecule has 0 bridgehead atoms. The molecular formula is C13H12N2O3S. The summed E-state index contributed by atoms with van der Waals surface area (Å²) in [7, 11) is 1.56. The zero-order chi connectivity index (χ0) is 13.8. The summed E-state index contributed by atoms with van der Waals surface area (Å²) in [5, 5.41) is 11.1. The van der Waals surface area contributed by atoms with Crippen LogP contribution in [0.15, 0.2) is 52.3 Å². The molecule has 0 saturated heterocycles. The molecule has 6 heteroatoms. The number of benzene rings is 2. The standard InChI is InChI=1S/C13H12N2O3S/c1-18-10-6-2-3-7-11(10)19-12-8-4-5-9(14)13(12)15(16)17/h2-8H,14H2,1H3. The Morgan fingerprint density at radius 1 is 1.16 bits per heavy atom. The number of hydrogen-bond acceptors (Lipinski definition) is 5. The van der Waals surface area contributed by atoms with Crippen molar-refractivity contribution < 1.29 is 9.66 Å².